The Labute approximate surface area is 131 Å². The lowest BCUT2D eigenvalue weighted by Crippen LogP contribution is -2.21. The maximum absolute atomic E-state index is 13.0. The van der Waals surface area contributed by atoms with Crippen LogP contribution in [0.25, 0.3) is 11.4 Å². The normalized spacial score (nSPS) is 18.1. The third kappa shape index (κ3) is 2.82. The number of benzene rings is 1. The number of hydrogen-bond acceptors (Lipinski definition) is 3. The van der Waals surface area contributed by atoms with Crippen molar-refractivity contribution in [3.05, 3.63) is 34.6 Å². The highest BCUT2D eigenvalue weighted by molar-refractivity contribution is 9.10. The monoisotopic (exact) mass is 354 g/mol. The first-order chi connectivity index (χ1) is 10.2. The quantitative estimate of drug-likeness (QED) is 0.848. The average Bonchev–Trinajstić information content (AvgIpc) is 2.71. The van der Waals surface area contributed by atoms with Gasteiger partial charge in [0.1, 0.15) is 29.0 Å². The van der Waals surface area contributed by atoms with Crippen LogP contribution in [-0.4, -0.2) is 36.0 Å². The van der Waals surface area contributed by atoms with Crippen LogP contribution in [-0.2, 0) is 17.7 Å². The van der Waals surface area contributed by atoms with Gasteiger partial charge >= 0.3 is 0 Å². The van der Waals surface area contributed by atoms with Crippen LogP contribution < -0.4 is 4.74 Å². The van der Waals surface area contributed by atoms with Gasteiger partial charge in [-0.15, -0.1) is 0 Å². The molecule has 4 nitrogen and oxygen atoms in total. The number of alkyl halides is 1. The van der Waals surface area contributed by atoms with Gasteiger partial charge in [-0.25, -0.2) is 9.37 Å². The second-order valence-electron chi connectivity index (χ2n) is 4.91. The zero-order valence-corrected chi connectivity index (χ0v) is 13.3. The maximum atomic E-state index is 13.0. The van der Waals surface area contributed by atoms with Crippen molar-refractivity contribution in [1.82, 2.24) is 9.55 Å². The van der Waals surface area contributed by atoms with Crippen molar-refractivity contribution in [2.75, 3.05) is 20.4 Å². The van der Waals surface area contributed by atoms with Gasteiger partial charge in [0.2, 0.25) is 0 Å². The molecule has 0 spiro atoms. The van der Waals surface area contributed by atoms with Crippen molar-refractivity contribution < 1.29 is 13.9 Å². The standard InChI is InChI=1S/C15H16BrFN2O2/c1-20-11-4-2-10(3-5-11)15-18-14(16)13-6-7-21-12(8-17)9-19(13)15/h2-5,12H,6-9H2,1H3/t12-/m1/s1. The van der Waals surface area contributed by atoms with Crippen LogP contribution in [0.4, 0.5) is 4.39 Å². The number of rotatable bonds is 3. The third-order valence-electron chi connectivity index (χ3n) is 3.62. The summed E-state index contributed by atoms with van der Waals surface area (Å²) < 4.78 is 26.5. The van der Waals surface area contributed by atoms with E-state index < -0.39 is 12.8 Å². The lowest BCUT2D eigenvalue weighted by molar-refractivity contribution is 0.0355. The highest BCUT2D eigenvalue weighted by atomic mass is 79.9. The van der Waals surface area contributed by atoms with Gasteiger partial charge in [0.05, 0.1) is 26.0 Å². The topological polar surface area (TPSA) is 36.3 Å². The Hall–Kier alpha value is -1.40. The van der Waals surface area contributed by atoms with Crippen LogP contribution in [0.2, 0.25) is 0 Å². The van der Waals surface area contributed by atoms with E-state index in [4.69, 9.17) is 9.47 Å². The number of nitrogens with zero attached hydrogens (tertiary/aromatic N) is 2. The van der Waals surface area contributed by atoms with Crippen molar-refractivity contribution in [3.8, 4) is 17.1 Å². The predicted molar refractivity (Wildman–Crippen MR) is 81.3 cm³/mol. The Bertz CT molecular complexity index is 627. The number of ether oxygens (including phenoxy) is 2. The summed E-state index contributed by atoms with van der Waals surface area (Å²) in [6.45, 7) is 0.504. The summed E-state index contributed by atoms with van der Waals surface area (Å²) in [5.41, 5.74) is 2.03. The van der Waals surface area contributed by atoms with Crippen molar-refractivity contribution >= 4 is 15.9 Å². The highest BCUT2D eigenvalue weighted by Crippen LogP contribution is 2.29. The Morgan fingerprint density at radius 3 is 2.86 bits per heavy atom. The van der Waals surface area contributed by atoms with Gasteiger partial charge in [-0.3, -0.25) is 0 Å². The fourth-order valence-electron chi connectivity index (χ4n) is 2.52. The molecular formula is C15H16BrFN2O2. The SMILES string of the molecule is COc1ccc(-c2nc(Br)c3n2C[C@@H](CF)OCC3)cc1. The molecular weight excluding hydrogens is 339 g/mol. The molecule has 1 aromatic carbocycles. The van der Waals surface area contributed by atoms with Gasteiger partial charge in [-0.05, 0) is 40.2 Å². The van der Waals surface area contributed by atoms with Crippen LogP contribution in [0.3, 0.4) is 0 Å². The van der Waals surface area contributed by atoms with E-state index in [1.54, 1.807) is 7.11 Å². The summed E-state index contributed by atoms with van der Waals surface area (Å²) in [4.78, 5) is 4.59. The number of imidazole rings is 1. The molecule has 0 bridgehead atoms. The van der Waals surface area contributed by atoms with Crippen LogP contribution in [0.5, 0.6) is 5.75 Å². The van der Waals surface area contributed by atoms with Gasteiger partial charge < -0.3 is 14.0 Å². The van der Waals surface area contributed by atoms with E-state index in [2.05, 4.69) is 20.9 Å². The molecule has 0 amide bonds. The molecule has 1 aliphatic rings. The van der Waals surface area contributed by atoms with E-state index >= 15 is 0 Å². The van der Waals surface area contributed by atoms with Gasteiger partial charge in [0.25, 0.3) is 0 Å². The second kappa shape index (κ2) is 6.15. The summed E-state index contributed by atoms with van der Waals surface area (Å²) in [6, 6.07) is 7.70. The van der Waals surface area contributed by atoms with Crippen LogP contribution in [0, 0.1) is 0 Å². The molecule has 0 unspecified atom stereocenters. The van der Waals surface area contributed by atoms with Gasteiger partial charge in [0, 0.05) is 12.0 Å². The van der Waals surface area contributed by atoms with Gasteiger partial charge in [0.15, 0.2) is 0 Å². The molecule has 112 valence electrons. The Balaban J connectivity index is 2.02. The highest BCUT2D eigenvalue weighted by Gasteiger charge is 2.23. The lowest BCUT2D eigenvalue weighted by atomic mass is 10.2. The summed E-state index contributed by atoms with van der Waals surface area (Å²) in [6.07, 6.45) is 0.310. The molecule has 1 aliphatic heterocycles. The third-order valence-corrected chi connectivity index (χ3v) is 4.26. The first-order valence-corrected chi connectivity index (χ1v) is 7.59. The van der Waals surface area contributed by atoms with E-state index in [1.165, 1.54) is 0 Å². The molecule has 21 heavy (non-hydrogen) atoms. The van der Waals surface area contributed by atoms with E-state index in [0.29, 0.717) is 13.2 Å². The minimum Gasteiger partial charge on any atom is -0.497 e. The van der Waals surface area contributed by atoms with Gasteiger partial charge in [-0.1, -0.05) is 0 Å². The predicted octanol–water partition coefficient (Wildman–Crippen LogP) is 3.23. The van der Waals surface area contributed by atoms with E-state index in [-0.39, 0.29) is 0 Å². The summed E-state index contributed by atoms with van der Waals surface area (Å²) >= 11 is 3.50. The number of halogens is 2. The summed E-state index contributed by atoms with van der Waals surface area (Å²) in [7, 11) is 1.64. The van der Waals surface area contributed by atoms with E-state index in [0.717, 1.165) is 33.9 Å². The van der Waals surface area contributed by atoms with Crippen LogP contribution >= 0.6 is 15.9 Å². The molecule has 3 rings (SSSR count). The zero-order chi connectivity index (χ0) is 14.8. The molecule has 2 aromatic rings. The Kier molecular flexibility index (Phi) is 4.26. The first-order valence-electron chi connectivity index (χ1n) is 6.80. The second-order valence-corrected chi connectivity index (χ2v) is 5.66. The number of aromatic nitrogens is 2. The first kappa shape index (κ1) is 14.5. The van der Waals surface area contributed by atoms with E-state index in [9.17, 15) is 4.39 Å². The fraction of sp³-hybridized carbons (Fsp3) is 0.400. The number of methoxy groups -OCH3 is 1. The Morgan fingerprint density at radius 2 is 2.19 bits per heavy atom. The maximum Gasteiger partial charge on any atom is 0.141 e. The summed E-state index contributed by atoms with van der Waals surface area (Å²) in [5.74, 6) is 1.62. The molecule has 1 aromatic heterocycles. The lowest BCUT2D eigenvalue weighted by Gasteiger charge is -2.14. The molecule has 2 heterocycles. The number of hydrogen-bond donors (Lipinski definition) is 0. The molecule has 0 aliphatic carbocycles. The van der Waals surface area contributed by atoms with E-state index in [1.807, 2.05) is 28.8 Å². The molecule has 0 saturated heterocycles. The molecule has 0 fully saturated rings. The van der Waals surface area contributed by atoms with Crippen LogP contribution in [0.1, 0.15) is 5.69 Å². The van der Waals surface area contributed by atoms with Crippen molar-refractivity contribution in [3.63, 3.8) is 0 Å². The molecule has 0 N–H and O–H groups in total. The smallest absolute Gasteiger partial charge is 0.141 e. The molecule has 6 heteroatoms. The zero-order valence-electron chi connectivity index (χ0n) is 11.7. The fourth-order valence-corrected chi connectivity index (χ4v) is 3.10. The average molecular weight is 355 g/mol. The van der Waals surface area contributed by atoms with Crippen molar-refractivity contribution in [2.45, 2.75) is 19.1 Å². The molecule has 0 radical (unpaired) electrons. The largest absolute Gasteiger partial charge is 0.497 e. The summed E-state index contributed by atoms with van der Waals surface area (Å²) in [5, 5.41) is 0. The minimum absolute atomic E-state index is 0.413. The van der Waals surface area contributed by atoms with Crippen LogP contribution in [0.15, 0.2) is 28.9 Å². The number of fused-ring (bicyclic) bond motifs is 1. The molecule has 0 saturated carbocycles. The Morgan fingerprint density at radius 1 is 1.43 bits per heavy atom. The van der Waals surface area contributed by atoms with Gasteiger partial charge in [-0.2, -0.15) is 0 Å². The molecule has 1 atom stereocenters. The van der Waals surface area contributed by atoms with Crippen molar-refractivity contribution in [1.29, 1.82) is 0 Å². The van der Waals surface area contributed by atoms with Crippen molar-refractivity contribution in [2.24, 2.45) is 0 Å². The minimum atomic E-state index is -0.489.